The summed E-state index contributed by atoms with van der Waals surface area (Å²) in [5.41, 5.74) is 0.307. The zero-order valence-electron chi connectivity index (χ0n) is 22.5. The summed E-state index contributed by atoms with van der Waals surface area (Å²) in [6.45, 7) is 9.78. The van der Waals surface area contributed by atoms with Gasteiger partial charge in [-0.05, 0) is 56.6 Å². The largest absolute Gasteiger partial charge is 0.342 e. The molecule has 4 rings (SSSR count). The minimum absolute atomic E-state index is 0.0372. The summed E-state index contributed by atoms with van der Waals surface area (Å²) in [6.07, 6.45) is 7.22. The van der Waals surface area contributed by atoms with Crippen molar-refractivity contribution in [3.05, 3.63) is 30.3 Å². The summed E-state index contributed by atoms with van der Waals surface area (Å²) >= 11 is 0. The number of unbranched alkanes of at least 4 members (excludes halogenated alkanes) is 1. The second kappa shape index (κ2) is 11.7. The van der Waals surface area contributed by atoms with E-state index in [0.29, 0.717) is 38.5 Å². The number of piperidine rings is 2. The molecule has 3 aliphatic heterocycles. The van der Waals surface area contributed by atoms with Crippen LogP contribution < -0.4 is 4.90 Å². The topological polar surface area (TPSA) is 64.2 Å². The van der Waals surface area contributed by atoms with Crippen molar-refractivity contribution >= 4 is 23.4 Å². The molecule has 3 heterocycles. The highest BCUT2D eigenvalue weighted by Gasteiger charge is 2.54. The van der Waals surface area contributed by atoms with E-state index in [0.717, 1.165) is 57.3 Å². The molecule has 36 heavy (non-hydrogen) atoms. The highest BCUT2D eigenvalue weighted by atomic mass is 16.2. The van der Waals surface area contributed by atoms with Gasteiger partial charge in [0.15, 0.2) is 0 Å². The fourth-order valence-corrected chi connectivity index (χ4v) is 6.15. The molecule has 7 nitrogen and oxygen atoms in total. The fourth-order valence-electron chi connectivity index (χ4n) is 6.15. The van der Waals surface area contributed by atoms with E-state index >= 15 is 0 Å². The van der Waals surface area contributed by atoms with Gasteiger partial charge in [-0.2, -0.15) is 0 Å². The zero-order chi connectivity index (χ0) is 25.7. The molecule has 0 aliphatic carbocycles. The van der Waals surface area contributed by atoms with Crippen LogP contribution in [0.5, 0.6) is 0 Å². The van der Waals surface area contributed by atoms with Crippen LogP contribution in [0, 0.1) is 11.8 Å². The second-order valence-electron chi connectivity index (χ2n) is 11.1. The maximum Gasteiger partial charge on any atom is 0.250 e. The van der Waals surface area contributed by atoms with Crippen LogP contribution in [-0.2, 0) is 14.4 Å². The molecular formula is C29H44N4O3. The summed E-state index contributed by atoms with van der Waals surface area (Å²) in [5.74, 6) is 1.06. The van der Waals surface area contributed by atoms with Crippen LogP contribution in [0.4, 0.5) is 5.69 Å². The number of rotatable bonds is 8. The van der Waals surface area contributed by atoms with Crippen molar-refractivity contribution in [2.45, 2.75) is 77.7 Å². The lowest BCUT2D eigenvalue weighted by molar-refractivity contribution is -0.143. The molecule has 3 amide bonds. The molecule has 1 spiro atoms. The number of likely N-dealkylation sites (tertiary alicyclic amines) is 2. The molecule has 1 unspecified atom stereocenters. The average Bonchev–Trinajstić information content (AvgIpc) is 3.16. The third-order valence-electron chi connectivity index (χ3n) is 8.69. The quantitative estimate of drug-likeness (QED) is 0.543. The molecule has 0 radical (unpaired) electrons. The number of nitrogens with zero attached hydrogens (tertiary/aromatic N) is 4. The number of amides is 3. The van der Waals surface area contributed by atoms with Gasteiger partial charge in [-0.25, -0.2) is 0 Å². The van der Waals surface area contributed by atoms with Gasteiger partial charge < -0.3 is 19.6 Å². The molecule has 3 saturated heterocycles. The third kappa shape index (κ3) is 5.40. The number of hydrogen-bond donors (Lipinski definition) is 0. The summed E-state index contributed by atoms with van der Waals surface area (Å²) in [6, 6.07) is 10.1. The molecule has 1 aromatic carbocycles. The highest BCUT2D eigenvalue weighted by molar-refractivity contribution is 5.96. The van der Waals surface area contributed by atoms with Gasteiger partial charge in [-0.1, -0.05) is 51.8 Å². The van der Waals surface area contributed by atoms with Crippen molar-refractivity contribution < 1.29 is 14.4 Å². The SMILES string of the molecule is CCCCC(CC)C(=O)N1CCC2(CC1)C(=O)N(CC(=O)N1CCC(C)CC1)CN2c1ccccc1. The van der Waals surface area contributed by atoms with E-state index in [1.54, 1.807) is 4.90 Å². The predicted molar refractivity (Wildman–Crippen MR) is 142 cm³/mol. The van der Waals surface area contributed by atoms with Gasteiger partial charge in [0.25, 0.3) is 5.91 Å². The van der Waals surface area contributed by atoms with Crippen LogP contribution in [0.1, 0.15) is 72.1 Å². The first-order chi connectivity index (χ1) is 17.4. The third-order valence-corrected chi connectivity index (χ3v) is 8.69. The average molecular weight is 497 g/mol. The molecule has 198 valence electrons. The lowest BCUT2D eigenvalue weighted by Crippen LogP contribution is -2.58. The van der Waals surface area contributed by atoms with Gasteiger partial charge in [-0.3, -0.25) is 14.4 Å². The first kappa shape index (κ1) is 26.5. The Morgan fingerprint density at radius 2 is 1.67 bits per heavy atom. The van der Waals surface area contributed by atoms with Crippen LogP contribution in [0.25, 0.3) is 0 Å². The molecule has 1 atom stereocenters. The standard InChI is InChI=1S/C29H44N4O3/c1-4-6-10-24(5-2)27(35)31-19-15-29(16-20-31)28(36)32(22-33(29)25-11-8-7-9-12-25)21-26(34)30-17-13-23(3)14-18-30/h7-9,11-12,23-24H,4-6,10,13-22H2,1-3H3. The molecular weight excluding hydrogens is 452 g/mol. The second-order valence-corrected chi connectivity index (χ2v) is 11.1. The van der Waals surface area contributed by atoms with Crippen molar-refractivity contribution in [1.82, 2.24) is 14.7 Å². The Morgan fingerprint density at radius 3 is 2.28 bits per heavy atom. The van der Waals surface area contributed by atoms with E-state index in [4.69, 9.17) is 0 Å². The Kier molecular flexibility index (Phi) is 8.58. The maximum atomic E-state index is 14.0. The number of para-hydroxylation sites is 1. The van der Waals surface area contributed by atoms with Crippen LogP contribution in [-0.4, -0.2) is 77.4 Å². The van der Waals surface area contributed by atoms with Crippen molar-refractivity contribution in [2.75, 3.05) is 44.3 Å². The number of carbonyl (C=O) groups excluding carboxylic acids is 3. The first-order valence-corrected chi connectivity index (χ1v) is 14.1. The lowest BCUT2D eigenvalue weighted by Gasteiger charge is -2.44. The smallest absolute Gasteiger partial charge is 0.250 e. The van der Waals surface area contributed by atoms with Crippen molar-refractivity contribution in [2.24, 2.45) is 11.8 Å². The van der Waals surface area contributed by atoms with E-state index in [2.05, 4.69) is 25.7 Å². The lowest BCUT2D eigenvalue weighted by atomic mass is 9.84. The van der Waals surface area contributed by atoms with E-state index in [9.17, 15) is 14.4 Å². The molecule has 0 aromatic heterocycles. The zero-order valence-corrected chi connectivity index (χ0v) is 22.5. The van der Waals surface area contributed by atoms with Gasteiger partial charge in [0.05, 0.1) is 6.67 Å². The Bertz CT molecular complexity index is 904. The fraction of sp³-hybridized carbons (Fsp3) is 0.690. The number of carbonyl (C=O) groups is 3. The number of anilines is 1. The van der Waals surface area contributed by atoms with E-state index in [1.807, 2.05) is 40.1 Å². The summed E-state index contributed by atoms with van der Waals surface area (Å²) in [5, 5.41) is 0. The highest BCUT2D eigenvalue weighted by Crippen LogP contribution is 2.40. The summed E-state index contributed by atoms with van der Waals surface area (Å²) in [4.78, 5) is 48.2. The van der Waals surface area contributed by atoms with Gasteiger partial charge >= 0.3 is 0 Å². The monoisotopic (exact) mass is 496 g/mol. The molecule has 0 bridgehead atoms. The molecule has 0 N–H and O–H groups in total. The summed E-state index contributed by atoms with van der Waals surface area (Å²) in [7, 11) is 0. The van der Waals surface area contributed by atoms with E-state index in [1.165, 1.54) is 0 Å². The minimum Gasteiger partial charge on any atom is -0.342 e. The molecule has 3 aliphatic rings. The van der Waals surface area contributed by atoms with E-state index in [-0.39, 0.29) is 30.2 Å². The molecule has 1 aromatic rings. The van der Waals surface area contributed by atoms with Crippen LogP contribution in [0.2, 0.25) is 0 Å². The van der Waals surface area contributed by atoms with Gasteiger partial charge in [0.2, 0.25) is 11.8 Å². The van der Waals surface area contributed by atoms with Crippen molar-refractivity contribution in [1.29, 1.82) is 0 Å². The normalized spacial score (nSPS) is 21.4. The molecule has 3 fully saturated rings. The molecule has 0 saturated carbocycles. The Hall–Kier alpha value is -2.57. The van der Waals surface area contributed by atoms with Crippen LogP contribution >= 0.6 is 0 Å². The van der Waals surface area contributed by atoms with Crippen molar-refractivity contribution in [3.8, 4) is 0 Å². The van der Waals surface area contributed by atoms with Gasteiger partial charge in [0, 0.05) is 37.8 Å². The van der Waals surface area contributed by atoms with Gasteiger partial charge in [0.1, 0.15) is 12.1 Å². The number of hydrogen-bond acceptors (Lipinski definition) is 4. The maximum absolute atomic E-state index is 14.0. The van der Waals surface area contributed by atoms with Crippen molar-refractivity contribution in [3.63, 3.8) is 0 Å². The van der Waals surface area contributed by atoms with E-state index < -0.39 is 5.54 Å². The minimum atomic E-state index is -0.694. The number of benzene rings is 1. The Morgan fingerprint density at radius 1 is 1.00 bits per heavy atom. The Balaban J connectivity index is 1.48. The summed E-state index contributed by atoms with van der Waals surface area (Å²) < 4.78 is 0. The first-order valence-electron chi connectivity index (χ1n) is 14.1. The Labute approximate surface area is 216 Å². The van der Waals surface area contributed by atoms with Crippen LogP contribution in [0.3, 0.4) is 0 Å². The molecule has 7 heteroatoms. The van der Waals surface area contributed by atoms with Gasteiger partial charge in [-0.15, -0.1) is 0 Å². The van der Waals surface area contributed by atoms with Crippen LogP contribution in [0.15, 0.2) is 30.3 Å². The predicted octanol–water partition coefficient (Wildman–Crippen LogP) is 4.13.